The van der Waals surface area contributed by atoms with Gasteiger partial charge in [-0.05, 0) is 19.8 Å². The summed E-state index contributed by atoms with van der Waals surface area (Å²) in [6, 6.07) is 0.0410. The molecule has 1 aromatic heterocycles. The lowest BCUT2D eigenvalue weighted by atomic mass is 10.2. The van der Waals surface area contributed by atoms with Crippen molar-refractivity contribution in [3.8, 4) is 0 Å². The van der Waals surface area contributed by atoms with Gasteiger partial charge < -0.3 is 0 Å². The van der Waals surface area contributed by atoms with Crippen molar-refractivity contribution in [3.63, 3.8) is 0 Å². The van der Waals surface area contributed by atoms with Crippen molar-refractivity contribution in [1.82, 2.24) is 14.5 Å². The van der Waals surface area contributed by atoms with Crippen LogP contribution in [0.15, 0.2) is 11.1 Å². The van der Waals surface area contributed by atoms with E-state index in [2.05, 4.69) is 10.2 Å². The SMILES string of the molecule is CCC(CC)N(C)S(=O)(=O)c1cn[nH]c1C. The van der Waals surface area contributed by atoms with E-state index in [1.54, 1.807) is 14.0 Å². The molecule has 0 amide bonds. The van der Waals surface area contributed by atoms with Gasteiger partial charge in [-0.2, -0.15) is 9.40 Å². The Kier molecular flexibility index (Phi) is 4.09. The predicted molar refractivity (Wildman–Crippen MR) is 62.6 cm³/mol. The molecule has 0 aliphatic carbocycles. The largest absolute Gasteiger partial charge is 0.281 e. The maximum atomic E-state index is 12.2. The van der Waals surface area contributed by atoms with Crippen LogP contribution in [-0.2, 0) is 10.0 Å². The molecule has 1 aromatic rings. The van der Waals surface area contributed by atoms with Gasteiger partial charge in [0, 0.05) is 13.1 Å². The first-order chi connectivity index (χ1) is 7.45. The minimum absolute atomic E-state index is 0.0410. The fraction of sp³-hybridized carbons (Fsp3) is 0.700. The van der Waals surface area contributed by atoms with Gasteiger partial charge in [-0.3, -0.25) is 5.10 Å². The second-order valence-corrected chi connectivity index (χ2v) is 5.82. The Morgan fingerprint density at radius 2 is 2.00 bits per heavy atom. The van der Waals surface area contributed by atoms with E-state index in [0.717, 1.165) is 12.8 Å². The zero-order valence-electron chi connectivity index (χ0n) is 10.2. The van der Waals surface area contributed by atoms with E-state index in [0.29, 0.717) is 5.69 Å². The van der Waals surface area contributed by atoms with Gasteiger partial charge in [-0.25, -0.2) is 8.42 Å². The number of aryl methyl sites for hydroxylation is 1. The van der Waals surface area contributed by atoms with Crippen LogP contribution in [0.25, 0.3) is 0 Å². The number of aromatic nitrogens is 2. The first-order valence-electron chi connectivity index (χ1n) is 5.43. The number of hydrogen-bond donors (Lipinski definition) is 1. The van der Waals surface area contributed by atoms with Crippen molar-refractivity contribution in [2.24, 2.45) is 0 Å². The zero-order chi connectivity index (χ0) is 12.3. The number of nitrogens with one attached hydrogen (secondary N) is 1. The molecule has 0 fully saturated rings. The second-order valence-electron chi connectivity index (χ2n) is 3.85. The minimum atomic E-state index is -3.41. The topological polar surface area (TPSA) is 66.1 Å². The summed E-state index contributed by atoms with van der Waals surface area (Å²) in [5.41, 5.74) is 0.581. The molecule has 1 N–H and O–H groups in total. The van der Waals surface area contributed by atoms with Crippen molar-refractivity contribution in [1.29, 1.82) is 0 Å². The summed E-state index contributed by atoms with van der Waals surface area (Å²) in [7, 11) is -1.79. The van der Waals surface area contributed by atoms with Crippen LogP contribution in [0.2, 0.25) is 0 Å². The maximum absolute atomic E-state index is 12.2. The molecule has 0 unspecified atom stereocenters. The summed E-state index contributed by atoms with van der Waals surface area (Å²) in [6.07, 6.45) is 2.98. The number of sulfonamides is 1. The van der Waals surface area contributed by atoms with Gasteiger partial charge in [0.25, 0.3) is 0 Å². The van der Waals surface area contributed by atoms with E-state index in [9.17, 15) is 8.42 Å². The van der Waals surface area contributed by atoms with Crippen molar-refractivity contribution in [3.05, 3.63) is 11.9 Å². The van der Waals surface area contributed by atoms with E-state index in [-0.39, 0.29) is 10.9 Å². The van der Waals surface area contributed by atoms with E-state index >= 15 is 0 Å². The summed E-state index contributed by atoms with van der Waals surface area (Å²) >= 11 is 0. The van der Waals surface area contributed by atoms with Gasteiger partial charge >= 0.3 is 0 Å². The third kappa shape index (κ3) is 2.27. The average Bonchev–Trinajstić information content (AvgIpc) is 2.66. The second kappa shape index (κ2) is 4.97. The predicted octanol–water partition coefficient (Wildman–Crippen LogP) is 1.53. The normalized spacial score (nSPS) is 12.6. The first-order valence-corrected chi connectivity index (χ1v) is 6.87. The third-order valence-corrected chi connectivity index (χ3v) is 4.92. The number of rotatable bonds is 5. The van der Waals surface area contributed by atoms with E-state index < -0.39 is 10.0 Å². The lowest BCUT2D eigenvalue weighted by Crippen LogP contribution is -2.36. The number of H-pyrrole nitrogens is 1. The summed E-state index contributed by atoms with van der Waals surface area (Å²) in [4.78, 5) is 0.266. The fourth-order valence-corrected chi connectivity index (χ4v) is 3.37. The Bertz CT molecular complexity index is 435. The summed E-state index contributed by atoms with van der Waals surface area (Å²) in [5.74, 6) is 0. The Labute approximate surface area is 96.9 Å². The van der Waals surface area contributed by atoms with Crippen molar-refractivity contribution in [2.45, 2.75) is 44.6 Å². The lowest BCUT2D eigenvalue weighted by molar-refractivity contribution is 0.349. The van der Waals surface area contributed by atoms with Crippen LogP contribution < -0.4 is 0 Å². The standard InChI is InChI=1S/C10H19N3O2S/c1-5-9(6-2)13(4)16(14,15)10-7-11-12-8(10)3/h7,9H,5-6H2,1-4H3,(H,11,12). The molecule has 16 heavy (non-hydrogen) atoms. The molecule has 0 atom stereocenters. The molecule has 0 aliphatic rings. The molecular formula is C10H19N3O2S. The molecule has 0 saturated carbocycles. The molecule has 0 aromatic carbocycles. The van der Waals surface area contributed by atoms with Crippen LogP contribution in [0.3, 0.4) is 0 Å². The summed E-state index contributed by atoms with van der Waals surface area (Å²) < 4.78 is 25.9. The minimum Gasteiger partial charge on any atom is -0.281 e. The maximum Gasteiger partial charge on any atom is 0.246 e. The number of hydrogen-bond acceptors (Lipinski definition) is 3. The van der Waals surface area contributed by atoms with Crippen molar-refractivity contribution in [2.75, 3.05) is 7.05 Å². The van der Waals surface area contributed by atoms with Crippen LogP contribution in [-0.4, -0.2) is 36.0 Å². The number of nitrogens with zero attached hydrogens (tertiary/aromatic N) is 2. The molecule has 6 heteroatoms. The van der Waals surface area contributed by atoms with Gasteiger partial charge in [-0.1, -0.05) is 13.8 Å². The van der Waals surface area contributed by atoms with E-state index in [1.165, 1.54) is 10.5 Å². The molecular weight excluding hydrogens is 226 g/mol. The smallest absolute Gasteiger partial charge is 0.246 e. The highest BCUT2D eigenvalue weighted by Crippen LogP contribution is 2.20. The third-order valence-electron chi connectivity index (χ3n) is 2.90. The van der Waals surface area contributed by atoms with Crippen molar-refractivity contribution < 1.29 is 8.42 Å². The summed E-state index contributed by atoms with van der Waals surface area (Å²) in [5, 5.41) is 6.40. The monoisotopic (exact) mass is 245 g/mol. The van der Waals surface area contributed by atoms with Gasteiger partial charge in [0.05, 0.1) is 11.9 Å². The zero-order valence-corrected chi connectivity index (χ0v) is 11.0. The first kappa shape index (κ1) is 13.2. The van der Waals surface area contributed by atoms with Crippen LogP contribution in [0, 0.1) is 6.92 Å². The van der Waals surface area contributed by atoms with E-state index in [4.69, 9.17) is 0 Å². The molecule has 0 aliphatic heterocycles. The van der Waals surface area contributed by atoms with Crippen LogP contribution in [0.1, 0.15) is 32.4 Å². The Hall–Kier alpha value is -0.880. The molecule has 0 spiro atoms. The quantitative estimate of drug-likeness (QED) is 0.855. The Morgan fingerprint density at radius 1 is 1.44 bits per heavy atom. The molecule has 1 heterocycles. The molecule has 5 nitrogen and oxygen atoms in total. The Morgan fingerprint density at radius 3 is 2.38 bits per heavy atom. The summed E-state index contributed by atoms with van der Waals surface area (Å²) in [6.45, 7) is 5.69. The number of aromatic amines is 1. The molecule has 1 rings (SSSR count). The fourth-order valence-electron chi connectivity index (χ4n) is 1.75. The highest BCUT2D eigenvalue weighted by atomic mass is 32.2. The van der Waals surface area contributed by atoms with Gasteiger partial charge in [0.2, 0.25) is 10.0 Å². The van der Waals surface area contributed by atoms with Gasteiger partial charge in [0.15, 0.2) is 0 Å². The average molecular weight is 245 g/mol. The molecule has 0 radical (unpaired) electrons. The highest BCUT2D eigenvalue weighted by Gasteiger charge is 2.28. The van der Waals surface area contributed by atoms with Gasteiger partial charge in [-0.15, -0.1) is 0 Å². The van der Waals surface area contributed by atoms with Gasteiger partial charge in [0.1, 0.15) is 4.90 Å². The Balaban J connectivity index is 3.08. The molecule has 0 saturated heterocycles. The molecule has 92 valence electrons. The van der Waals surface area contributed by atoms with Crippen LogP contribution in [0.4, 0.5) is 0 Å². The highest BCUT2D eigenvalue weighted by molar-refractivity contribution is 7.89. The van der Waals surface area contributed by atoms with Crippen LogP contribution in [0.5, 0.6) is 0 Å². The lowest BCUT2D eigenvalue weighted by Gasteiger charge is -2.25. The molecule has 0 bridgehead atoms. The van der Waals surface area contributed by atoms with E-state index in [1.807, 2.05) is 13.8 Å². The van der Waals surface area contributed by atoms with Crippen LogP contribution >= 0.6 is 0 Å². The van der Waals surface area contributed by atoms with Crippen molar-refractivity contribution >= 4 is 10.0 Å².